The Morgan fingerprint density at radius 1 is 1.16 bits per heavy atom. The van der Waals surface area contributed by atoms with Crippen LogP contribution in [0.5, 0.6) is 0 Å². The molecule has 0 bridgehead atoms. The van der Waals surface area contributed by atoms with Gasteiger partial charge in [-0.3, -0.25) is 0 Å². The average Bonchev–Trinajstić information content (AvgIpc) is 2.30. The summed E-state index contributed by atoms with van der Waals surface area (Å²) < 4.78 is 39.6. The molecule has 7 heteroatoms. The van der Waals surface area contributed by atoms with Crippen molar-refractivity contribution in [1.29, 1.82) is 0 Å². The molecule has 19 heavy (non-hydrogen) atoms. The van der Waals surface area contributed by atoms with Crippen LogP contribution < -0.4 is 5.32 Å². The van der Waals surface area contributed by atoms with Gasteiger partial charge in [0.1, 0.15) is 17.2 Å². The summed E-state index contributed by atoms with van der Waals surface area (Å²) in [5.41, 5.74) is -0.666. The van der Waals surface area contributed by atoms with Gasteiger partial charge in [0.05, 0.1) is 0 Å². The molecule has 4 nitrogen and oxygen atoms in total. The first-order valence-electron chi connectivity index (χ1n) is 5.08. The Morgan fingerprint density at radius 2 is 1.79 bits per heavy atom. The predicted molar refractivity (Wildman–Crippen MR) is 60.8 cm³/mol. The molecule has 0 aliphatic carbocycles. The van der Waals surface area contributed by atoms with E-state index < -0.39 is 34.8 Å². The van der Waals surface area contributed by atoms with Crippen LogP contribution in [-0.2, 0) is 0 Å². The Kier molecular flexibility index (Phi) is 3.37. The maximum absolute atomic E-state index is 13.7. The van der Waals surface area contributed by atoms with Gasteiger partial charge in [-0.05, 0) is 18.2 Å². The number of carbonyl (C=O) groups is 1. The molecule has 0 spiro atoms. The van der Waals surface area contributed by atoms with E-state index in [2.05, 4.69) is 10.3 Å². The Balaban J connectivity index is 2.38. The number of nitrogens with one attached hydrogen (secondary N) is 1. The summed E-state index contributed by atoms with van der Waals surface area (Å²) in [7, 11) is 0. The highest BCUT2D eigenvalue weighted by atomic mass is 19.1. The Morgan fingerprint density at radius 3 is 2.37 bits per heavy atom. The number of rotatable bonds is 3. The van der Waals surface area contributed by atoms with E-state index in [-0.39, 0.29) is 5.69 Å². The SMILES string of the molecule is O=C(O)c1ccnc(Nc2cc(F)cc(F)c2)c1F. The van der Waals surface area contributed by atoms with Crippen LogP contribution in [0.2, 0.25) is 0 Å². The summed E-state index contributed by atoms with van der Waals surface area (Å²) in [6.07, 6.45) is 1.07. The van der Waals surface area contributed by atoms with E-state index in [1.54, 1.807) is 0 Å². The normalized spacial score (nSPS) is 10.3. The Hall–Kier alpha value is -2.57. The summed E-state index contributed by atoms with van der Waals surface area (Å²) >= 11 is 0. The van der Waals surface area contributed by atoms with Crippen LogP contribution in [0.1, 0.15) is 10.4 Å². The molecule has 2 aromatic rings. The summed E-state index contributed by atoms with van der Waals surface area (Å²) in [5, 5.41) is 11.0. The number of carboxylic acid groups (broad SMARTS) is 1. The molecule has 0 aliphatic rings. The smallest absolute Gasteiger partial charge is 0.338 e. The molecule has 2 N–H and O–H groups in total. The second-order valence-electron chi connectivity index (χ2n) is 3.61. The molecule has 0 saturated heterocycles. The fraction of sp³-hybridized carbons (Fsp3) is 0. The number of halogens is 3. The molecule has 0 radical (unpaired) electrons. The Labute approximate surface area is 105 Å². The predicted octanol–water partition coefficient (Wildman–Crippen LogP) is 2.94. The van der Waals surface area contributed by atoms with Gasteiger partial charge in [0.2, 0.25) is 0 Å². The van der Waals surface area contributed by atoms with Crippen molar-refractivity contribution in [3.05, 3.63) is 53.5 Å². The molecule has 0 saturated carbocycles. The first-order valence-corrected chi connectivity index (χ1v) is 5.08. The highest BCUT2D eigenvalue weighted by Crippen LogP contribution is 2.21. The number of carboxylic acids is 1. The standard InChI is InChI=1S/C12H7F3N2O2/c13-6-3-7(14)5-8(4-6)17-11-10(15)9(12(18)19)1-2-16-11/h1-5H,(H,16,17)(H,18,19). The molecule has 0 amide bonds. The molecule has 1 aromatic heterocycles. The number of nitrogens with zero attached hydrogens (tertiary/aromatic N) is 1. The van der Waals surface area contributed by atoms with E-state index in [9.17, 15) is 18.0 Å². The number of aromatic nitrogens is 1. The zero-order valence-electron chi connectivity index (χ0n) is 9.32. The fourth-order valence-electron chi connectivity index (χ4n) is 1.46. The van der Waals surface area contributed by atoms with E-state index in [1.165, 1.54) is 0 Å². The van der Waals surface area contributed by atoms with Crippen molar-refractivity contribution in [2.75, 3.05) is 5.32 Å². The van der Waals surface area contributed by atoms with Crippen LogP contribution >= 0.6 is 0 Å². The quantitative estimate of drug-likeness (QED) is 0.898. The number of pyridine rings is 1. The van der Waals surface area contributed by atoms with Gasteiger partial charge in [0.25, 0.3) is 0 Å². The summed E-state index contributed by atoms with van der Waals surface area (Å²) in [5.74, 6) is -4.70. The van der Waals surface area contributed by atoms with Gasteiger partial charge in [-0.25, -0.2) is 22.9 Å². The van der Waals surface area contributed by atoms with E-state index in [1.807, 2.05) is 0 Å². The molecular weight excluding hydrogens is 261 g/mol. The minimum atomic E-state index is -1.46. The van der Waals surface area contributed by atoms with Crippen molar-refractivity contribution in [2.24, 2.45) is 0 Å². The molecule has 0 fully saturated rings. The van der Waals surface area contributed by atoms with Crippen molar-refractivity contribution in [1.82, 2.24) is 4.98 Å². The van der Waals surface area contributed by atoms with Gasteiger partial charge in [-0.1, -0.05) is 0 Å². The topological polar surface area (TPSA) is 62.2 Å². The molecule has 0 atom stereocenters. The van der Waals surface area contributed by atoms with E-state index in [0.29, 0.717) is 6.07 Å². The minimum absolute atomic E-state index is 0.0774. The number of anilines is 2. The summed E-state index contributed by atoms with van der Waals surface area (Å²) in [4.78, 5) is 14.3. The minimum Gasteiger partial charge on any atom is -0.478 e. The van der Waals surface area contributed by atoms with Crippen molar-refractivity contribution in [2.45, 2.75) is 0 Å². The van der Waals surface area contributed by atoms with Gasteiger partial charge in [-0.2, -0.15) is 0 Å². The number of hydrogen-bond donors (Lipinski definition) is 2. The van der Waals surface area contributed by atoms with E-state index in [0.717, 1.165) is 24.4 Å². The van der Waals surface area contributed by atoms with Crippen LogP contribution in [0.15, 0.2) is 30.5 Å². The van der Waals surface area contributed by atoms with Crippen molar-refractivity contribution in [3.63, 3.8) is 0 Å². The number of benzene rings is 1. The molecule has 0 unspecified atom stereocenters. The second-order valence-corrected chi connectivity index (χ2v) is 3.61. The van der Waals surface area contributed by atoms with Crippen molar-refractivity contribution in [3.8, 4) is 0 Å². The van der Waals surface area contributed by atoms with Crippen molar-refractivity contribution >= 4 is 17.5 Å². The van der Waals surface area contributed by atoms with Crippen LogP contribution in [0.3, 0.4) is 0 Å². The lowest BCUT2D eigenvalue weighted by Gasteiger charge is -2.08. The van der Waals surface area contributed by atoms with Crippen LogP contribution in [0, 0.1) is 17.5 Å². The third-order valence-corrected chi connectivity index (χ3v) is 2.24. The zero-order valence-corrected chi connectivity index (χ0v) is 9.32. The largest absolute Gasteiger partial charge is 0.478 e. The van der Waals surface area contributed by atoms with Crippen LogP contribution in [0.25, 0.3) is 0 Å². The monoisotopic (exact) mass is 268 g/mol. The van der Waals surface area contributed by atoms with Crippen LogP contribution in [0.4, 0.5) is 24.7 Å². The maximum Gasteiger partial charge on any atom is 0.338 e. The Bertz CT molecular complexity index is 627. The maximum atomic E-state index is 13.7. The second kappa shape index (κ2) is 4.97. The van der Waals surface area contributed by atoms with Gasteiger partial charge in [0.15, 0.2) is 11.6 Å². The van der Waals surface area contributed by atoms with Gasteiger partial charge in [0, 0.05) is 18.0 Å². The third kappa shape index (κ3) is 2.82. The van der Waals surface area contributed by atoms with E-state index >= 15 is 0 Å². The third-order valence-electron chi connectivity index (χ3n) is 2.24. The van der Waals surface area contributed by atoms with Gasteiger partial charge in [-0.15, -0.1) is 0 Å². The van der Waals surface area contributed by atoms with E-state index in [4.69, 9.17) is 5.11 Å². The van der Waals surface area contributed by atoms with Crippen LogP contribution in [-0.4, -0.2) is 16.1 Å². The first kappa shape index (κ1) is 12.9. The highest BCUT2D eigenvalue weighted by molar-refractivity contribution is 5.89. The molecule has 2 rings (SSSR count). The number of hydrogen-bond acceptors (Lipinski definition) is 3. The van der Waals surface area contributed by atoms with Gasteiger partial charge < -0.3 is 10.4 Å². The molecule has 1 heterocycles. The highest BCUT2D eigenvalue weighted by Gasteiger charge is 2.15. The van der Waals surface area contributed by atoms with Crippen molar-refractivity contribution < 1.29 is 23.1 Å². The summed E-state index contributed by atoms with van der Waals surface area (Å²) in [6.45, 7) is 0. The molecule has 1 aromatic carbocycles. The lowest BCUT2D eigenvalue weighted by Crippen LogP contribution is -2.05. The fourth-order valence-corrected chi connectivity index (χ4v) is 1.46. The number of aromatic carboxylic acids is 1. The molecule has 98 valence electrons. The molecular formula is C12H7F3N2O2. The lowest BCUT2D eigenvalue weighted by molar-refractivity contribution is 0.0692. The zero-order chi connectivity index (χ0) is 14.0. The first-order chi connectivity index (χ1) is 8.97. The lowest BCUT2D eigenvalue weighted by atomic mass is 10.2. The van der Waals surface area contributed by atoms with Gasteiger partial charge >= 0.3 is 5.97 Å². The average molecular weight is 268 g/mol. The summed E-state index contributed by atoms with van der Waals surface area (Å²) in [6, 6.07) is 3.49. The molecule has 0 aliphatic heterocycles.